The number of rotatable bonds is 0. The van der Waals surface area contributed by atoms with Gasteiger partial charge in [0, 0.05) is 5.71 Å². The molecule has 1 atom stereocenters. The van der Waals surface area contributed by atoms with E-state index in [4.69, 9.17) is 0 Å². The third-order valence-electron chi connectivity index (χ3n) is 1.97. The summed E-state index contributed by atoms with van der Waals surface area (Å²) in [5.41, 5.74) is 1.33. The van der Waals surface area contributed by atoms with Crippen molar-refractivity contribution in [2.24, 2.45) is 10.9 Å². The Labute approximate surface area is 69.0 Å². The van der Waals surface area contributed by atoms with Crippen molar-refractivity contribution in [3.8, 4) is 0 Å². The molecule has 4 heteroatoms. The van der Waals surface area contributed by atoms with Gasteiger partial charge in [-0.25, -0.2) is 0 Å². The molecule has 1 rings (SSSR count). The fourth-order valence-corrected chi connectivity index (χ4v) is 1.03. The van der Waals surface area contributed by atoms with E-state index < -0.39 is 12.1 Å². The lowest BCUT2D eigenvalue weighted by Gasteiger charge is -2.19. The summed E-state index contributed by atoms with van der Waals surface area (Å²) in [6, 6.07) is 0. The Balaban J connectivity index is 2.79. The molecule has 0 saturated carbocycles. The molecule has 0 aliphatic carbocycles. The minimum absolute atomic E-state index is 0.160. The maximum absolute atomic E-state index is 12.1. The molecule has 0 aromatic heterocycles. The third kappa shape index (κ3) is 1.87. The lowest BCUT2D eigenvalue weighted by atomic mass is 10.0. The third-order valence-corrected chi connectivity index (χ3v) is 1.97. The number of halogens is 3. The largest absolute Gasteiger partial charge is 0.396 e. The Bertz CT molecular complexity index is 237. The average Bonchev–Trinajstić information content (AvgIpc) is 1.92. The number of hydrogen-bond donors (Lipinski definition) is 0. The summed E-state index contributed by atoms with van der Waals surface area (Å²) in [6.07, 6.45) is -2.91. The van der Waals surface area contributed by atoms with Gasteiger partial charge in [-0.2, -0.15) is 13.2 Å². The predicted molar refractivity (Wildman–Crippen MR) is 41.3 cm³/mol. The van der Waals surface area contributed by atoms with E-state index in [1.807, 2.05) is 0 Å². The monoisotopic (exact) mass is 177 g/mol. The van der Waals surface area contributed by atoms with Gasteiger partial charge in [-0.15, -0.1) is 0 Å². The second-order valence-electron chi connectivity index (χ2n) is 2.92. The van der Waals surface area contributed by atoms with E-state index in [1.165, 1.54) is 6.08 Å². The maximum Gasteiger partial charge on any atom is 0.396 e. The Kier molecular flexibility index (Phi) is 2.26. The lowest BCUT2D eigenvalue weighted by molar-refractivity contribution is -0.158. The number of hydrogen-bond acceptors (Lipinski definition) is 1. The van der Waals surface area contributed by atoms with Crippen LogP contribution in [-0.2, 0) is 0 Å². The minimum Gasteiger partial charge on any atom is -0.289 e. The van der Waals surface area contributed by atoms with E-state index in [9.17, 15) is 13.2 Å². The molecule has 1 aliphatic rings. The van der Waals surface area contributed by atoms with Gasteiger partial charge in [0.1, 0.15) is 0 Å². The van der Waals surface area contributed by atoms with Crippen LogP contribution in [0.5, 0.6) is 0 Å². The summed E-state index contributed by atoms with van der Waals surface area (Å²) in [6.45, 7) is 3.21. The molecule has 0 radical (unpaired) electrons. The van der Waals surface area contributed by atoms with E-state index >= 15 is 0 Å². The van der Waals surface area contributed by atoms with Crippen LogP contribution in [0.15, 0.2) is 16.6 Å². The van der Waals surface area contributed by atoms with Gasteiger partial charge in [0.25, 0.3) is 0 Å². The molecule has 1 aliphatic heterocycles. The van der Waals surface area contributed by atoms with Crippen LogP contribution in [0.25, 0.3) is 0 Å². The smallest absolute Gasteiger partial charge is 0.289 e. The normalized spacial score (nSPS) is 24.9. The standard InChI is InChI=1S/C8H10F3N/c1-5-3-7(8(9,10)11)4-12-6(5)2/h3,7H,4H2,1-2H3. The zero-order valence-electron chi connectivity index (χ0n) is 6.94. The number of alkyl halides is 3. The summed E-state index contributed by atoms with van der Waals surface area (Å²) in [7, 11) is 0. The quantitative estimate of drug-likeness (QED) is 0.539. The van der Waals surface area contributed by atoms with Crippen molar-refractivity contribution >= 4 is 5.71 Å². The number of nitrogens with zero attached hydrogens (tertiary/aromatic N) is 1. The molecule has 0 aromatic carbocycles. The first-order valence-corrected chi connectivity index (χ1v) is 3.68. The van der Waals surface area contributed by atoms with Crippen molar-refractivity contribution in [3.05, 3.63) is 11.6 Å². The topological polar surface area (TPSA) is 12.4 Å². The number of dihydropyridines is 1. The molecular formula is C8H10F3N. The van der Waals surface area contributed by atoms with E-state index in [-0.39, 0.29) is 6.54 Å². The maximum atomic E-state index is 12.1. The summed E-state index contributed by atoms with van der Waals surface area (Å²) < 4.78 is 36.4. The SMILES string of the molecule is CC1=CC(C(F)(F)F)CN=C1C. The van der Waals surface area contributed by atoms with Gasteiger partial charge < -0.3 is 0 Å². The highest BCUT2D eigenvalue weighted by Crippen LogP contribution is 2.30. The van der Waals surface area contributed by atoms with E-state index in [0.717, 1.165) is 0 Å². The zero-order chi connectivity index (χ0) is 9.35. The Hall–Kier alpha value is -0.800. The highest BCUT2D eigenvalue weighted by atomic mass is 19.4. The van der Waals surface area contributed by atoms with Crippen molar-refractivity contribution < 1.29 is 13.2 Å². The zero-order valence-corrected chi connectivity index (χ0v) is 6.94. The van der Waals surface area contributed by atoms with Crippen molar-refractivity contribution in [1.82, 2.24) is 0 Å². The van der Waals surface area contributed by atoms with Gasteiger partial charge in [-0.05, 0) is 19.4 Å². The first kappa shape index (κ1) is 9.29. The molecule has 0 fully saturated rings. The molecule has 1 nitrogen and oxygen atoms in total. The molecular weight excluding hydrogens is 167 g/mol. The van der Waals surface area contributed by atoms with Crippen molar-refractivity contribution in [2.45, 2.75) is 20.0 Å². The number of aliphatic imine (C=N–C) groups is 1. The molecule has 0 aromatic rings. The van der Waals surface area contributed by atoms with E-state index in [2.05, 4.69) is 4.99 Å². The second-order valence-corrected chi connectivity index (χ2v) is 2.92. The Morgan fingerprint density at radius 1 is 1.42 bits per heavy atom. The van der Waals surface area contributed by atoms with Gasteiger partial charge in [-0.1, -0.05) is 6.08 Å². The molecule has 0 amide bonds. The molecule has 0 bridgehead atoms. The fraction of sp³-hybridized carbons (Fsp3) is 0.625. The fourth-order valence-electron chi connectivity index (χ4n) is 1.03. The lowest BCUT2D eigenvalue weighted by Crippen LogP contribution is -2.27. The van der Waals surface area contributed by atoms with Crippen LogP contribution >= 0.6 is 0 Å². The first-order chi connectivity index (χ1) is 5.41. The van der Waals surface area contributed by atoms with Crippen LogP contribution in [0.3, 0.4) is 0 Å². The molecule has 0 saturated heterocycles. The Morgan fingerprint density at radius 3 is 2.42 bits per heavy atom. The minimum atomic E-state index is -4.15. The van der Waals surface area contributed by atoms with Crippen LogP contribution in [0.2, 0.25) is 0 Å². The number of allylic oxidation sites excluding steroid dienone is 1. The van der Waals surface area contributed by atoms with Crippen LogP contribution in [0.4, 0.5) is 13.2 Å². The van der Waals surface area contributed by atoms with Crippen LogP contribution < -0.4 is 0 Å². The Morgan fingerprint density at radius 2 is 2.00 bits per heavy atom. The summed E-state index contributed by atoms with van der Waals surface area (Å²) in [5, 5.41) is 0. The van der Waals surface area contributed by atoms with Gasteiger partial charge in [0.05, 0.1) is 12.5 Å². The van der Waals surface area contributed by atoms with Crippen LogP contribution in [0, 0.1) is 5.92 Å². The molecule has 1 unspecified atom stereocenters. The molecule has 68 valence electrons. The van der Waals surface area contributed by atoms with Crippen LogP contribution in [-0.4, -0.2) is 18.4 Å². The first-order valence-electron chi connectivity index (χ1n) is 3.68. The van der Waals surface area contributed by atoms with E-state index in [0.29, 0.717) is 11.3 Å². The molecule has 1 heterocycles. The van der Waals surface area contributed by atoms with Gasteiger partial charge in [0.2, 0.25) is 0 Å². The van der Waals surface area contributed by atoms with Crippen LogP contribution in [0.1, 0.15) is 13.8 Å². The molecule has 0 N–H and O–H groups in total. The van der Waals surface area contributed by atoms with Crippen molar-refractivity contribution in [1.29, 1.82) is 0 Å². The molecule has 0 spiro atoms. The highest BCUT2D eigenvalue weighted by Gasteiger charge is 2.38. The van der Waals surface area contributed by atoms with Gasteiger partial charge in [-0.3, -0.25) is 4.99 Å². The van der Waals surface area contributed by atoms with Gasteiger partial charge >= 0.3 is 6.18 Å². The highest BCUT2D eigenvalue weighted by molar-refractivity contribution is 5.98. The second kappa shape index (κ2) is 2.92. The van der Waals surface area contributed by atoms with Crippen molar-refractivity contribution in [2.75, 3.05) is 6.54 Å². The summed E-state index contributed by atoms with van der Waals surface area (Å²) in [5.74, 6) is -1.39. The predicted octanol–water partition coefficient (Wildman–Crippen LogP) is 2.59. The van der Waals surface area contributed by atoms with E-state index in [1.54, 1.807) is 13.8 Å². The van der Waals surface area contributed by atoms with Gasteiger partial charge in [0.15, 0.2) is 0 Å². The summed E-state index contributed by atoms with van der Waals surface area (Å²) >= 11 is 0. The van der Waals surface area contributed by atoms with Crippen molar-refractivity contribution in [3.63, 3.8) is 0 Å². The molecule has 12 heavy (non-hydrogen) atoms. The average molecular weight is 177 g/mol. The summed E-state index contributed by atoms with van der Waals surface area (Å²) in [4.78, 5) is 3.79.